The molecule has 3 rings (SSSR count). The first-order valence-electron chi connectivity index (χ1n) is 8.63. The van der Waals surface area contributed by atoms with Gasteiger partial charge in [0.25, 0.3) is 5.91 Å². The summed E-state index contributed by atoms with van der Waals surface area (Å²) in [5.74, 6) is 0.137. The number of rotatable bonds is 5. The minimum absolute atomic E-state index is 0.255. The van der Waals surface area contributed by atoms with Crippen LogP contribution >= 0.6 is 0 Å². The van der Waals surface area contributed by atoms with E-state index in [-0.39, 0.29) is 5.91 Å². The van der Waals surface area contributed by atoms with Gasteiger partial charge < -0.3 is 10.6 Å². The fraction of sp³-hybridized carbons (Fsp3) is 0.190. The second-order valence-corrected chi connectivity index (χ2v) is 6.16. The highest BCUT2D eigenvalue weighted by Crippen LogP contribution is 2.20. The number of anilines is 3. The van der Waals surface area contributed by atoms with E-state index in [9.17, 15) is 4.79 Å². The van der Waals surface area contributed by atoms with E-state index in [1.165, 1.54) is 5.56 Å². The van der Waals surface area contributed by atoms with E-state index < -0.39 is 0 Å². The number of nitrogens with zero attached hydrogens (tertiary/aromatic N) is 2. The minimum atomic E-state index is -0.255. The number of amides is 1. The third kappa shape index (κ3) is 4.06. The maximum absolute atomic E-state index is 12.6. The van der Waals surface area contributed by atoms with Gasteiger partial charge in [-0.1, -0.05) is 37.3 Å². The van der Waals surface area contributed by atoms with Crippen LogP contribution in [0.5, 0.6) is 0 Å². The van der Waals surface area contributed by atoms with E-state index in [4.69, 9.17) is 0 Å². The molecule has 1 heterocycles. The lowest BCUT2D eigenvalue weighted by Gasteiger charge is -2.11. The Balaban J connectivity index is 1.76. The molecule has 1 aromatic heterocycles. The van der Waals surface area contributed by atoms with Gasteiger partial charge in [0.05, 0.1) is 0 Å². The molecule has 0 atom stereocenters. The molecule has 0 spiro atoms. The summed E-state index contributed by atoms with van der Waals surface area (Å²) >= 11 is 0. The molecule has 5 nitrogen and oxygen atoms in total. The van der Waals surface area contributed by atoms with Crippen LogP contribution in [0.2, 0.25) is 0 Å². The molecule has 5 heteroatoms. The normalized spacial score (nSPS) is 10.4. The Kier molecular flexibility index (Phi) is 5.27. The lowest BCUT2D eigenvalue weighted by molar-refractivity contribution is 0.102. The van der Waals surface area contributed by atoms with Crippen molar-refractivity contribution in [3.05, 3.63) is 77.1 Å². The molecule has 0 saturated carbocycles. The number of benzene rings is 2. The number of nitrogens with one attached hydrogen (secondary N) is 2. The number of aryl methyl sites for hydroxylation is 3. The van der Waals surface area contributed by atoms with Crippen molar-refractivity contribution in [2.24, 2.45) is 0 Å². The molecule has 0 aliphatic rings. The average Bonchev–Trinajstić information content (AvgIpc) is 2.65. The molecule has 0 aliphatic heterocycles. The largest absolute Gasteiger partial charge is 0.324 e. The molecule has 0 radical (unpaired) electrons. The van der Waals surface area contributed by atoms with Crippen molar-refractivity contribution in [1.29, 1.82) is 0 Å². The van der Waals surface area contributed by atoms with E-state index in [1.54, 1.807) is 12.3 Å². The first-order valence-corrected chi connectivity index (χ1v) is 8.63. The average molecular weight is 346 g/mol. The molecule has 2 aromatic carbocycles. The quantitative estimate of drug-likeness (QED) is 0.705. The summed E-state index contributed by atoms with van der Waals surface area (Å²) < 4.78 is 0. The van der Waals surface area contributed by atoms with Gasteiger partial charge in [0.15, 0.2) is 0 Å². The van der Waals surface area contributed by atoms with Crippen LogP contribution in [0.3, 0.4) is 0 Å². The van der Waals surface area contributed by atoms with Crippen LogP contribution < -0.4 is 10.6 Å². The van der Waals surface area contributed by atoms with Gasteiger partial charge in [0, 0.05) is 17.6 Å². The van der Waals surface area contributed by atoms with E-state index in [0.717, 1.165) is 28.9 Å². The van der Waals surface area contributed by atoms with Gasteiger partial charge in [-0.05, 0) is 55.2 Å². The highest BCUT2D eigenvalue weighted by molar-refractivity contribution is 6.03. The van der Waals surface area contributed by atoms with Crippen LogP contribution in [-0.4, -0.2) is 15.9 Å². The predicted octanol–water partition coefficient (Wildman–Crippen LogP) is 4.65. The smallest absolute Gasteiger partial charge is 0.274 e. The van der Waals surface area contributed by atoms with Crippen LogP contribution in [0.25, 0.3) is 0 Å². The zero-order chi connectivity index (χ0) is 18.5. The van der Waals surface area contributed by atoms with Crippen LogP contribution in [0.4, 0.5) is 17.3 Å². The van der Waals surface area contributed by atoms with Crippen molar-refractivity contribution in [3.63, 3.8) is 0 Å². The van der Waals surface area contributed by atoms with Crippen molar-refractivity contribution in [2.75, 3.05) is 10.6 Å². The van der Waals surface area contributed by atoms with Crippen molar-refractivity contribution in [1.82, 2.24) is 9.97 Å². The Hall–Kier alpha value is -3.21. The number of para-hydroxylation sites is 1. The second-order valence-electron chi connectivity index (χ2n) is 6.16. The van der Waals surface area contributed by atoms with Gasteiger partial charge in [0.1, 0.15) is 5.69 Å². The van der Waals surface area contributed by atoms with Crippen LogP contribution in [-0.2, 0) is 6.42 Å². The molecule has 2 N–H and O–H groups in total. The SMILES string of the molecule is CCc1ccc(Nc2nccc(C(=O)Nc3c(C)cccc3C)n2)cc1. The van der Waals surface area contributed by atoms with Gasteiger partial charge in [-0.3, -0.25) is 4.79 Å². The van der Waals surface area contributed by atoms with E-state index in [1.807, 2.05) is 44.2 Å². The molecule has 1 amide bonds. The Bertz CT molecular complexity index is 899. The van der Waals surface area contributed by atoms with E-state index in [0.29, 0.717) is 11.6 Å². The van der Waals surface area contributed by atoms with Crippen molar-refractivity contribution in [3.8, 4) is 0 Å². The number of aromatic nitrogens is 2. The summed E-state index contributed by atoms with van der Waals surface area (Å²) in [7, 11) is 0. The number of hydrogen-bond donors (Lipinski definition) is 2. The Morgan fingerprint density at radius 1 is 1.00 bits per heavy atom. The van der Waals surface area contributed by atoms with E-state index >= 15 is 0 Å². The van der Waals surface area contributed by atoms with Crippen molar-refractivity contribution < 1.29 is 4.79 Å². The maximum atomic E-state index is 12.6. The van der Waals surface area contributed by atoms with Gasteiger partial charge in [0.2, 0.25) is 5.95 Å². The summed E-state index contributed by atoms with van der Waals surface area (Å²) in [5, 5.41) is 6.08. The fourth-order valence-corrected chi connectivity index (χ4v) is 2.69. The number of carbonyl (C=O) groups is 1. The summed E-state index contributed by atoms with van der Waals surface area (Å²) in [6.45, 7) is 6.05. The van der Waals surface area contributed by atoms with E-state index in [2.05, 4.69) is 39.7 Å². The van der Waals surface area contributed by atoms with Gasteiger partial charge in [-0.25, -0.2) is 9.97 Å². The Labute approximate surface area is 153 Å². The third-order valence-electron chi connectivity index (χ3n) is 4.23. The highest BCUT2D eigenvalue weighted by Gasteiger charge is 2.12. The van der Waals surface area contributed by atoms with Crippen LogP contribution in [0, 0.1) is 13.8 Å². The standard InChI is InChI=1S/C21H22N4O/c1-4-16-8-10-17(11-9-16)23-21-22-13-12-18(24-21)20(26)25-19-14(2)6-5-7-15(19)3/h5-13H,4H2,1-3H3,(H,25,26)(H,22,23,24). The maximum Gasteiger partial charge on any atom is 0.274 e. The molecule has 26 heavy (non-hydrogen) atoms. The Morgan fingerprint density at radius 2 is 1.69 bits per heavy atom. The van der Waals surface area contributed by atoms with Crippen LogP contribution in [0.1, 0.15) is 34.1 Å². The molecular formula is C21H22N4O. The zero-order valence-electron chi connectivity index (χ0n) is 15.2. The second kappa shape index (κ2) is 7.78. The summed E-state index contributed by atoms with van der Waals surface area (Å²) in [5.41, 5.74) is 5.31. The summed E-state index contributed by atoms with van der Waals surface area (Å²) in [4.78, 5) is 21.1. The van der Waals surface area contributed by atoms with Crippen LogP contribution in [0.15, 0.2) is 54.7 Å². The van der Waals surface area contributed by atoms with Gasteiger partial charge >= 0.3 is 0 Å². The monoisotopic (exact) mass is 346 g/mol. The summed E-state index contributed by atoms with van der Waals surface area (Å²) in [6.07, 6.45) is 2.57. The van der Waals surface area contributed by atoms with Gasteiger partial charge in [-0.2, -0.15) is 0 Å². The minimum Gasteiger partial charge on any atom is -0.324 e. The molecule has 0 fully saturated rings. The fourth-order valence-electron chi connectivity index (χ4n) is 2.69. The molecule has 3 aromatic rings. The lowest BCUT2D eigenvalue weighted by Crippen LogP contribution is -2.16. The van der Waals surface area contributed by atoms with Crippen molar-refractivity contribution >= 4 is 23.2 Å². The molecule has 0 aliphatic carbocycles. The topological polar surface area (TPSA) is 66.9 Å². The Morgan fingerprint density at radius 3 is 2.35 bits per heavy atom. The number of carbonyl (C=O) groups excluding carboxylic acids is 1. The molecule has 132 valence electrons. The van der Waals surface area contributed by atoms with Gasteiger partial charge in [-0.15, -0.1) is 0 Å². The molecule has 0 unspecified atom stereocenters. The molecule has 0 saturated heterocycles. The van der Waals surface area contributed by atoms with Crippen molar-refractivity contribution in [2.45, 2.75) is 27.2 Å². The highest BCUT2D eigenvalue weighted by atomic mass is 16.1. The zero-order valence-corrected chi connectivity index (χ0v) is 15.2. The first kappa shape index (κ1) is 17.6. The third-order valence-corrected chi connectivity index (χ3v) is 4.23. The summed E-state index contributed by atoms with van der Waals surface area (Å²) in [6, 6.07) is 15.6. The molecule has 0 bridgehead atoms. The molecular weight excluding hydrogens is 324 g/mol. The predicted molar refractivity (Wildman–Crippen MR) is 105 cm³/mol. The number of hydrogen-bond acceptors (Lipinski definition) is 4. The first-order chi connectivity index (χ1) is 12.6. The lowest BCUT2D eigenvalue weighted by atomic mass is 10.1.